The second kappa shape index (κ2) is 4.47. The average Bonchev–Trinajstić information content (AvgIpc) is 2.63. The molecule has 2 rings (SSSR count). The van der Waals surface area contributed by atoms with E-state index in [1.54, 1.807) is 12.1 Å². The molecule has 2 nitrogen and oxygen atoms in total. The first-order valence-electron chi connectivity index (χ1n) is 5.58. The number of alkyl halides is 3. The summed E-state index contributed by atoms with van der Waals surface area (Å²) in [4.78, 5) is 2.19. The van der Waals surface area contributed by atoms with Crippen molar-refractivity contribution in [3.63, 3.8) is 0 Å². The van der Waals surface area contributed by atoms with Crippen molar-refractivity contribution in [1.82, 2.24) is 0 Å². The van der Waals surface area contributed by atoms with E-state index in [0.717, 1.165) is 25.1 Å². The minimum Gasteiger partial charge on any atom is -0.406 e. The fourth-order valence-electron chi connectivity index (χ4n) is 2.16. The van der Waals surface area contributed by atoms with Gasteiger partial charge in [0.1, 0.15) is 5.75 Å². The summed E-state index contributed by atoms with van der Waals surface area (Å²) in [6.07, 6.45) is -2.37. The molecule has 0 aliphatic carbocycles. The predicted octanol–water partition coefficient (Wildman–Crippen LogP) is 3.57. The van der Waals surface area contributed by atoms with Gasteiger partial charge in [0.05, 0.1) is 0 Å². The maximum atomic E-state index is 12.0. The SMILES string of the molecule is C[C@H]1CCCN1c1ccc(OC(F)(F)F)cc1. The third-order valence-corrected chi connectivity index (χ3v) is 2.95. The zero-order valence-corrected chi connectivity index (χ0v) is 9.50. The molecule has 0 aromatic heterocycles. The molecule has 5 heteroatoms. The van der Waals surface area contributed by atoms with Crippen LogP contribution in [0.15, 0.2) is 24.3 Å². The van der Waals surface area contributed by atoms with Crippen LogP contribution in [0.2, 0.25) is 0 Å². The predicted molar refractivity (Wildman–Crippen MR) is 59.2 cm³/mol. The number of ether oxygens (including phenoxy) is 1. The van der Waals surface area contributed by atoms with Crippen molar-refractivity contribution in [2.24, 2.45) is 0 Å². The number of hydrogen-bond acceptors (Lipinski definition) is 2. The molecule has 1 aliphatic heterocycles. The van der Waals surface area contributed by atoms with E-state index in [4.69, 9.17) is 0 Å². The smallest absolute Gasteiger partial charge is 0.406 e. The van der Waals surface area contributed by atoms with Crippen molar-refractivity contribution in [3.05, 3.63) is 24.3 Å². The van der Waals surface area contributed by atoms with Gasteiger partial charge in [-0.2, -0.15) is 0 Å². The zero-order chi connectivity index (χ0) is 12.5. The Hall–Kier alpha value is -1.39. The highest BCUT2D eigenvalue weighted by atomic mass is 19.4. The molecule has 1 aromatic rings. The first kappa shape index (κ1) is 12.1. The van der Waals surface area contributed by atoms with Gasteiger partial charge in [0.2, 0.25) is 0 Å². The van der Waals surface area contributed by atoms with Gasteiger partial charge in [-0.1, -0.05) is 0 Å². The Morgan fingerprint density at radius 1 is 1.24 bits per heavy atom. The van der Waals surface area contributed by atoms with Gasteiger partial charge in [0.15, 0.2) is 0 Å². The summed E-state index contributed by atoms with van der Waals surface area (Å²) in [6, 6.07) is 6.50. The van der Waals surface area contributed by atoms with E-state index in [0.29, 0.717) is 6.04 Å². The van der Waals surface area contributed by atoms with Gasteiger partial charge in [0.25, 0.3) is 0 Å². The monoisotopic (exact) mass is 245 g/mol. The first-order chi connectivity index (χ1) is 7.96. The highest BCUT2D eigenvalue weighted by molar-refractivity contribution is 5.50. The van der Waals surface area contributed by atoms with E-state index in [2.05, 4.69) is 16.6 Å². The van der Waals surface area contributed by atoms with Crippen LogP contribution >= 0.6 is 0 Å². The summed E-state index contributed by atoms with van der Waals surface area (Å²) in [7, 11) is 0. The van der Waals surface area contributed by atoms with E-state index >= 15 is 0 Å². The Labute approximate surface area is 98.0 Å². The molecule has 0 amide bonds. The first-order valence-corrected chi connectivity index (χ1v) is 5.58. The molecule has 0 unspecified atom stereocenters. The normalized spacial score (nSPS) is 20.7. The van der Waals surface area contributed by atoms with Crippen molar-refractivity contribution in [2.75, 3.05) is 11.4 Å². The molecule has 1 fully saturated rings. The third-order valence-electron chi connectivity index (χ3n) is 2.95. The highest BCUT2D eigenvalue weighted by Crippen LogP contribution is 2.29. The lowest BCUT2D eigenvalue weighted by Crippen LogP contribution is -2.26. The number of nitrogens with zero attached hydrogens (tertiary/aromatic N) is 1. The summed E-state index contributed by atoms with van der Waals surface area (Å²) in [5.74, 6) is -0.173. The molecule has 1 aromatic carbocycles. The number of anilines is 1. The molecule has 0 bridgehead atoms. The van der Waals surface area contributed by atoms with Crippen molar-refractivity contribution in [3.8, 4) is 5.75 Å². The average molecular weight is 245 g/mol. The summed E-state index contributed by atoms with van der Waals surface area (Å²) in [5, 5.41) is 0. The molecule has 0 N–H and O–H groups in total. The Balaban J connectivity index is 2.07. The fourth-order valence-corrected chi connectivity index (χ4v) is 2.16. The van der Waals surface area contributed by atoms with Crippen LogP contribution in [0.3, 0.4) is 0 Å². The van der Waals surface area contributed by atoms with Crippen LogP contribution in [-0.4, -0.2) is 18.9 Å². The summed E-state index contributed by atoms with van der Waals surface area (Å²) in [5.41, 5.74) is 0.949. The Bertz CT molecular complexity index is 374. The second-order valence-corrected chi connectivity index (χ2v) is 4.23. The number of benzene rings is 1. The second-order valence-electron chi connectivity index (χ2n) is 4.23. The molecule has 0 radical (unpaired) electrons. The van der Waals surface area contributed by atoms with Gasteiger partial charge < -0.3 is 9.64 Å². The number of rotatable bonds is 2. The van der Waals surface area contributed by atoms with Gasteiger partial charge in [0, 0.05) is 18.3 Å². The third kappa shape index (κ3) is 3.05. The fraction of sp³-hybridized carbons (Fsp3) is 0.500. The maximum Gasteiger partial charge on any atom is 0.573 e. The van der Waals surface area contributed by atoms with Crippen molar-refractivity contribution in [2.45, 2.75) is 32.2 Å². The molecule has 1 atom stereocenters. The van der Waals surface area contributed by atoms with E-state index in [9.17, 15) is 13.2 Å². The van der Waals surface area contributed by atoms with Crippen LogP contribution in [0.1, 0.15) is 19.8 Å². The lowest BCUT2D eigenvalue weighted by Gasteiger charge is -2.23. The van der Waals surface area contributed by atoms with E-state index in [1.165, 1.54) is 12.1 Å². The van der Waals surface area contributed by atoms with Gasteiger partial charge >= 0.3 is 6.36 Å². The quantitative estimate of drug-likeness (QED) is 0.789. The highest BCUT2D eigenvalue weighted by Gasteiger charge is 2.31. The van der Waals surface area contributed by atoms with Crippen molar-refractivity contribution < 1.29 is 17.9 Å². The Morgan fingerprint density at radius 2 is 1.88 bits per heavy atom. The number of hydrogen-bond donors (Lipinski definition) is 0. The van der Waals surface area contributed by atoms with E-state index in [1.807, 2.05) is 0 Å². The standard InChI is InChI=1S/C12H14F3NO/c1-9-3-2-8-16(9)10-4-6-11(7-5-10)17-12(13,14)15/h4-7,9H,2-3,8H2,1H3/t9-/m0/s1. The molecule has 1 aliphatic rings. The topological polar surface area (TPSA) is 12.5 Å². The van der Waals surface area contributed by atoms with Gasteiger partial charge in [-0.05, 0) is 44.0 Å². The van der Waals surface area contributed by atoms with Crippen LogP contribution in [0.5, 0.6) is 5.75 Å². The van der Waals surface area contributed by atoms with E-state index in [-0.39, 0.29) is 5.75 Å². The molecular formula is C12H14F3NO. The molecule has 94 valence electrons. The lowest BCUT2D eigenvalue weighted by atomic mass is 10.2. The van der Waals surface area contributed by atoms with Gasteiger partial charge in [-0.15, -0.1) is 13.2 Å². The van der Waals surface area contributed by atoms with Gasteiger partial charge in [-0.3, -0.25) is 0 Å². The summed E-state index contributed by atoms with van der Waals surface area (Å²) >= 11 is 0. The molecule has 0 spiro atoms. The summed E-state index contributed by atoms with van der Waals surface area (Å²) < 4.78 is 39.7. The minimum atomic E-state index is -4.62. The van der Waals surface area contributed by atoms with Crippen LogP contribution in [0.4, 0.5) is 18.9 Å². The Morgan fingerprint density at radius 3 is 2.35 bits per heavy atom. The summed E-state index contributed by atoms with van der Waals surface area (Å²) in [6.45, 7) is 3.08. The van der Waals surface area contributed by atoms with Crippen LogP contribution in [0.25, 0.3) is 0 Å². The van der Waals surface area contributed by atoms with Crippen molar-refractivity contribution >= 4 is 5.69 Å². The van der Waals surface area contributed by atoms with E-state index < -0.39 is 6.36 Å². The minimum absolute atomic E-state index is 0.173. The molecule has 1 heterocycles. The molecule has 0 saturated carbocycles. The molecular weight excluding hydrogens is 231 g/mol. The van der Waals surface area contributed by atoms with Gasteiger partial charge in [-0.25, -0.2) is 0 Å². The van der Waals surface area contributed by atoms with Crippen molar-refractivity contribution in [1.29, 1.82) is 0 Å². The van der Waals surface area contributed by atoms with Crippen LogP contribution in [0, 0.1) is 0 Å². The Kier molecular flexibility index (Phi) is 3.17. The lowest BCUT2D eigenvalue weighted by molar-refractivity contribution is -0.274. The van der Waals surface area contributed by atoms with Crippen LogP contribution < -0.4 is 9.64 Å². The largest absolute Gasteiger partial charge is 0.573 e. The zero-order valence-electron chi connectivity index (χ0n) is 9.50. The molecule has 17 heavy (non-hydrogen) atoms. The van der Waals surface area contributed by atoms with Crippen LogP contribution in [-0.2, 0) is 0 Å². The molecule has 1 saturated heterocycles. The maximum absolute atomic E-state index is 12.0. The number of halogens is 3.